The maximum atomic E-state index is 13.4. The van der Waals surface area contributed by atoms with Crippen LogP contribution in [0, 0.1) is 11.7 Å². The van der Waals surface area contributed by atoms with Crippen molar-refractivity contribution in [3.8, 4) is 0 Å². The van der Waals surface area contributed by atoms with Crippen molar-refractivity contribution in [1.29, 1.82) is 0 Å². The Hall–Kier alpha value is -1.91. The van der Waals surface area contributed by atoms with Crippen LogP contribution in [0.25, 0.3) is 0 Å². The number of aliphatic carboxylic acids is 1. The lowest BCUT2D eigenvalue weighted by Crippen LogP contribution is -2.40. The molecule has 2 rings (SSSR count). The minimum Gasteiger partial charge on any atom is -0.481 e. The first-order valence-electron chi connectivity index (χ1n) is 6.36. The third kappa shape index (κ3) is 3.30. The zero-order valence-corrected chi connectivity index (χ0v) is 10.4. The number of carboxylic acid groups (broad SMARTS) is 1. The Balaban J connectivity index is 1.99. The predicted molar refractivity (Wildman–Crippen MR) is 67.2 cm³/mol. The molecule has 5 heteroatoms. The summed E-state index contributed by atoms with van der Waals surface area (Å²) in [6.07, 6.45) is 2.56. The molecule has 0 bridgehead atoms. The van der Waals surface area contributed by atoms with Crippen LogP contribution in [0.3, 0.4) is 0 Å². The van der Waals surface area contributed by atoms with Crippen molar-refractivity contribution in [2.75, 3.05) is 0 Å². The monoisotopic (exact) mass is 265 g/mol. The summed E-state index contributed by atoms with van der Waals surface area (Å²) in [6, 6.07) is 5.58. The second kappa shape index (κ2) is 5.82. The number of carboxylic acids is 1. The van der Waals surface area contributed by atoms with Crippen LogP contribution in [0.4, 0.5) is 4.39 Å². The number of nitrogens with one attached hydrogen (secondary N) is 1. The largest absolute Gasteiger partial charge is 0.481 e. The lowest BCUT2D eigenvalue weighted by molar-refractivity contribution is -0.143. The quantitative estimate of drug-likeness (QED) is 0.880. The standard InChI is InChI=1S/C14H16FNO3/c15-12-7-2-1-6-11(12)13(17)16-10-5-3-4-9(8-10)14(18)19/h1-2,6-7,9-10H,3-5,8H2,(H,16,17)(H,18,19). The molecule has 4 nitrogen and oxygen atoms in total. The third-order valence-electron chi connectivity index (χ3n) is 3.48. The van der Waals surface area contributed by atoms with E-state index in [4.69, 9.17) is 5.11 Å². The Morgan fingerprint density at radius 1 is 1.26 bits per heavy atom. The number of rotatable bonds is 3. The Labute approximate surface area is 110 Å². The molecule has 1 aliphatic rings. The summed E-state index contributed by atoms with van der Waals surface area (Å²) in [5.41, 5.74) is -0.0000477. The summed E-state index contributed by atoms with van der Waals surface area (Å²) in [7, 11) is 0. The number of halogens is 1. The highest BCUT2D eigenvalue weighted by Crippen LogP contribution is 2.24. The molecule has 102 valence electrons. The van der Waals surface area contributed by atoms with Gasteiger partial charge in [-0.3, -0.25) is 9.59 Å². The second-order valence-electron chi connectivity index (χ2n) is 4.85. The molecule has 0 spiro atoms. The van der Waals surface area contributed by atoms with E-state index in [2.05, 4.69) is 5.32 Å². The van der Waals surface area contributed by atoms with Gasteiger partial charge >= 0.3 is 5.97 Å². The number of hydrogen-bond acceptors (Lipinski definition) is 2. The van der Waals surface area contributed by atoms with Crippen LogP contribution in [0.1, 0.15) is 36.0 Å². The van der Waals surface area contributed by atoms with Crippen LogP contribution >= 0.6 is 0 Å². The first kappa shape index (κ1) is 13.5. The number of benzene rings is 1. The number of hydrogen-bond donors (Lipinski definition) is 2. The zero-order chi connectivity index (χ0) is 13.8. The van der Waals surface area contributed by atoms with E-state index in [0.717, 1.165) is 12.8 Å². The Morgan fingerprint density at radius 3 is 2.68 bits per heavy atom. The van der Waals surface area contributed by atoms with Gasteiger partial charge in [0.25, 0.3) is 5.91 Å². The fraction of sp³-hybridized carbons (Fsp3) is 0.429. The molecule has 0 heterocycles. The predicted octanol–water partition coefficient (Wildman–Crippen LogP) is 2.20. The van der Waals surface area contributed by atoms with Crippen LogP contribution in [0.15, 0.2) is 24.3 Å². The number of carbonyl (C=O) groups excluding carboxylic acids is 1. The van der Waals surface area contributed by atoms with Gasteiger partial charge in [-0.15, -0.1) is 0 Å². The van der Waals surface area contributed by atoms with E-state index >= 15 is 0 Å². The minimum atomic E-state index is -0.829. The molecule has 1 aromatic carbocycles. The van der Waals surface area contributed by atoms with E-state index in [1.807, 2.05) is 0 Å². The van der Waals surface area contributed by atoms with E-state index in [0.29, 0.717) is 12.8 Å². The molecule has 1 aromatic rings. The maximum absolute atomic E-state index is 13.4. The molecule has 1 amide bonds. The molecule has 2 atom stereocenters. The minimum absolute atomic E-state index is 0.0000477. The molecule has 19 heavy (non-hydrogen) atoms. The van der Waals surface area contributed by atoms with Gasteiger partial charge in [-0.25, -0.2) is 4.39 Å². The SMILES string of the molecule is O=C(NC1CCCC(C(=O)O)C1)c1ccccc1F. The maximum Gasteiger partial charge on any atom is 0.306 e. The molecule has 0 aromatic heterocycles. The van der Waals surface area contributed by atoms with Crippen LogP contribution in [0.2, 0.25) is 0 Å². The topological polar surface area (TPSA) is 66.4 Å². The molecule has 2 N–H and O–H groups in total. The van der Waals surface area contributed by atoms with Crippen molar-refractivity contribution in [2.45, 2.75) is 31.7 Å². The van der Waals surface area contributed by atoms with Crippen LogP contribution in [0.5, 0.6) is 0 Å². The normalized spacial score (nSPS) is 22.8. The van der Waals surface area contributed by atoms with Gasteiger partial charge < -0.3 is 10.4 Å². The highest BCUT2D eigenvalue weighted by molar-refractivity contribution is 5.94. The van der Waals surface area contributed by atoms with E-state index in [9.17, 15) is 14.0 Å². The van der Waals surface area contributed by atoms with E-state index in [1.165, 1.54) is 18.2 Å². The van der Waals surface area contributed by atoms with Crippen molar-refractivity contribution in [2.24, 2.45) is 5.92 Å². The highest BCUT2D eigenvalue weighted by Gasteiger charge is 2.28. The number of carbonyl (C=O) groups is 2. The third-order valence-corrected chi connectivity index (χ3v) is 3.48. The highest BCUT2D eigenvalue weighted by atomic mass is 19.1. The zero-order valence-electron chi connectivity index (χ0n) is 10.4. The molecule has 2 unspecified atom stereocenters. The van der Waals surface area contributed by atoms with Gasteiger partial charge in [0.15, 0.2) is 0 Å². The van der Waals surface area contributed by atoms with Crippen LogP contribution < -0.4 is 5.32 Å². The summed E-state index contributed by atoms with van der Waals surface area (Å²) in [5, 5.41) is 11.7. The fourth-order valence-electron chi connectivity index (χ4n) is 2.45. The van der Waals surface area contributed by atoms with E-state index in [1.54, 1.807) is 6.07 Å². The molecule has 1 aliphatic carbocycles. The summed E-state index contributed by atoms with van der Waals surface area (Å²) >= 11 is 0. The smallest absolute Gasteiger partial charge is 0.306 e. The van der Waals surface area contributed by atoms with Crippen molar-refractivity contribution in [1.82, 2.24) is 5.32 Å². The fourth-order valence-corrected chi connectivity index (χ4v) is 2.45. The lowest BCUT2D eigenvalue weighted by atomic mass is 9.85. The van der Waals surface area contributed by atoms with Crippen molar-refractivity contribution in [3.05, 3.63) is 35.6 Å². The molecule has 0 saturated heterocycles. The van der Waals surface area contributed by atoms with Gasteiger partial charge in [0, 0.05) is 6.04 Å². The second-order valence-corrected chi connectivity index (χ2v) is 4.85. The van der Waals surface area contributed by atoms with Crippen LogP contribution in [-0.4, -0.2) is 23.0 Å². The molecule has 1 fully saturated rings. The van der Waals surface area contributed by atoms with Gasteiger partial charge in [0.2, 0.25) is 0 Å². The Morgan fingerprint density at radius 2 is 2.00 bits per heavy atom. The van der Waals surface area contributed by atoms with Crippen molar-refractivity contribution >= 4 is 11.9 Å². The summed E-state index contributed by atoms with van der Waals surface area (Å²) in [5.74, 6) is -2.29. The Bertz CT molecular complexity index is 489. The molecular formula is C14H16FNO3. The Kier molecular flexibility index (Phi) is 4.14. The first-order valence-corrected chi connectivity index (χ1v) is 6.36. The first-order chi connectivity index (χ1) is 9.08. The molecule has 1 saturated carbocycles. The molecule has 0 radical (unpaired) electrons. The van der Waals surface area contributed by atoms with Crippen LogP contribution in [-0.2, 0) is 4.79 Å². The summed E-state index contributed by atoms with van der Waals surface area (Å²) in [6.45, 7) is 0. The molecular weight excluding hydrogens is 249 g/mol. The summed E-state index contributed by atoms with van der Waals surface area (Å²) in [4.78, 5) is 22.8. The summed E-state index contributed by atoms with van der Waals surface area (Å²) < 4.78 is 13.4. The number of amides is 1. The van der Waals surface area contributed by atoms with Crippen molar-refractivity contribution in [3.63, 3.8) is 0 Å². The average molecular weight is 265 g/mol. The van der Waals surface area contributed by atoms with E-state index < -0.39 is 23.6 Å². The van der Waals surface area contributed by atoms with Gasteiger partial charge in [0.1, 0.15) is 5.82 Å². The lowest BCUT2D eigenvalue weighted by Gasteiger charge is -2.27. The van der Waals surface area contributed by atoms with Gasteiger partial charge in [-0.1, -0.05) is 18.6 Å². The van der Waals surface area contributed by atoms with Gasteiger partial charge in [-0.2, -0.15) is 0 Å². The van der Waals surface area contributed by atoms with Gasteiger partial charge in [0.05, 0.1) is 11.5 Å². The average Bonchev–Trinajstić information content (AvgIpc) is 2.39. The molecule has 0 aliphatic heterocycles. The van der Waals surface area contributed by atoms with Gasteiger partial charge in [-0.05, 0) is 31.4 Å². The van der Waals surface area contributed by atoms with Crippen molar-refractivity contribution < 1.29 is 19.1 Å². The van der Waals surface area contributed by atoms with E-state index in [-0.39, 0.29) is 11.6 Å².